The lowest BCUT2D eigenvalue weighted by atomic mass is 9.97. The molecule has 5 aliphatic rings. The van der Waals surface area contributed by atoms with Crippen LogP contribution in [0.3, 0.4) is 0 Å². The average Bonchev–Trinajstić information content (AvgIpc) is 1.61. The van der Waals surface area contributed by atoms with E-state index in [9.17, 15) is 14.4 Å². The largest absolute Gasteiger partial charge is 0.478 e. The van der Waals surface area contributed by atoms with Crippen LogP contribution in [0.4, 0.5) is 14.7 Å². The topological polar surface area (TPSA) is 250 Å². The molecule has 0 bridgehead atoms. The number of amides is 2. The van der Waals surface area contributed by atoms with Gasteiger partial charge in [0.1, 0.15) is 11.6 Å². The van der Waals surface area contributed by atoms with Gasteiger partial charge in [-0.05, 0) is 147 Å². The quantitative estimate of drug-likeness (QED) is 0.0714. The molecule has 0 saturated carbocycles. The highest BCUT2D eigenvalue weighted by Crippen LogP contribution is 2.44. The van der Waals surface area contributed by atoms with Gasteiger partial charge in [0.25, 0.3) is 11.8 Å². The molecule has 103 heavy (non-hydrogen) atoms. The number of para-hydroxylation sites is 2. The second-order valence-corrected chi connectivity index (χ2v) is 26.7. The number of carboxylic acids is 1. The monoisotopic (exact) mass is 1500 g/mol. The lowest BCUT2D eigenvalue weighted by Crippen LogP contribution is -2.32. The molecule has 2 amide bonds. The summed E-state index contributed by atoms with van der Waals surface area (Å²) in [5.74, 6) is -1.27. The number of benzene rings is 4. The van der Waals surface area contributed by atoms with Gasteiger partial charge in [0, 0.05) is 148 Å². The van der Waals surface area contributed by atoms with E-state index in [1.165, 1.54) is 61.6 Å². The molecule has 16 rings (SSSR count). The summed E-state index contributed by atoms with van der Waals surface area (Å²) in [5, 5.41) is 27.6. The number of hydrogen-bond donors (Lipinski definition) is 5. The molecule has 7 aromatic heterocycles. The van der Waals surface area contributed by atoms with Crippen LogP contribution in [-0.4, -0.2) is 144 Å². The zero-order valence-corrected chi connectivity index (χ0v) is 61.5. The van der Waals surface area contributed by atoms with Crippen molar-refractivity contribution in [1.82, 2.24) is 79.9 Å². The van der Waals surface area contributed by atoms with Crippen molar-refractivity contribution in [3.63, 3.8) is 0 Å². The Hall–Kier alpha value is -8.94. The highest BCUT2D eigenvalue weighted by Gasteiger charge is 2.33. The highest BCUT2D eigenvalue weighted by molar-refractivity contribution is 6.36. The fourth-order valence-electron chi connectivity index (χ4n) is 13.7. The number of carbonyl (C=O) groups excluding carboxylic acids is 2. The molecule has 0 spiro atoms. The van der Waals surface area contributed by atoms with Crippen LogP contribution >= 0.6 is 58.8 Å². The van der Waals surface area contributed by atoms with Crippen LogP contribution in [0.2, 0.25) is 20.6 Å². The number of carboxylic acid groups (broad SMARTS) is 1. The number of aromatic amines is 2. The summed E-state index contributed by atoms with van der Waals surface area (Å²) in [7, 11) is 0. The number of carbonyl (C=O) groups is 3. The van der Waals surface area contributed by atoms with Crippen molar-refractivity contribution in [3.8, 4) is 33.9 Å². The van der Waals surface area contributed by atoms with Gasteiger partial charge in [0.05, 0.1) is 71.9 Å². The Kier molecular flexibility index (Phi) is 25.2. The fraction of sp³-hybridized carbons (Fsp3) is 0.347. The summed E-state index contributed by atoms with van der Waals surface area (Å²) in [5.41, 5.74) is 15.8. The third-order valence-corrected chi connectivity index (χ3v) is 19.9. The first-order valence-electron chi connectivity index (χ1n) is 34.7. The number of nitrogens with one attached hydrogen (secondary N) is 4. The second-order valence-electron chi connectivity index (χ2n) is 25.2. The Bertz CT molecular complexity index is 4750. The number of nitrogens with zero attached hydrogens (tertiary/aromatic N) is 13. The molecular weight excluding hydrogens is 1420 g/mol. The van der Waals surface area contributed by atoms with Crippen LogP contribution < -0.4 is 15.5 Å². The number of rotatable bonds is 12. The van der Waals surface area contributed by atoms with E-state index in [1.807, 2.05) is 37.5 Å². The predicted octanol–water partition coefficient (Wildman–Crippen LogP) is 15.1. The van der Waals surface area contributed by atoms with Crippen molar-refractivity contribution in [3.05, 3.63) is 204 Å². The number of halogens is 7. The Morgan fingerprint density at radius 2 is 0.932 bits per heavy atom. The molecule has 0 radical (unpaired) electrons. The van der Waals surface area contributed by atoms with Gasteiger partial charge in [-0.3, -0.25) is 9.59 Å². The van der Waals surface area contributed by atoms with Crippen LogP contribution in [-0.2, 0) is 51.6 Å². The van der Waals surface area contributed by atoms with Crippen molar-refractivity contribution in [2.24, 2.45) is 0 Å². The maximum Gasteiger partial charge on any atom is 0.338 e. The molecule has 3 fully saturated rings. The summed E-state index contributed by atoms with van der Waals surface area (Å²) in [4.78, 5) is 70.6. The van der Waals surface area contributed by atoms with Gasteiger partial charge in [0.2, 0.25) is 16.5 Å². The molecule has 3 saturated heterocycles. The predicted molar refractivity (Wildman–Crippen MR) is 402 cm³/mol. The smallest absolute Gasteiger partial charge is 0.338 e. The van der Waals surface area contributed by atoms with E-state index < -0.39 is 11.8 Å². The standard InChI is InChI=1S/C33H33ClFN7O.C24H24ClFN4.C9H10ClN3O.C5H3ClN2O2.C4H9N.ClH/c1-3-20-8-7-9-21(4-2)30(20)42-31(28-23-10-12-36-29(23)25(34)16-26(28)35)24-19-41(15-11-27(24)39-42)33-37-17-22(18-38-33)32(43)40-13-5-6-14-40;1-3-14-6-5-7-15(4-2)23(14)30-24(17-13-27-10-9-20(17)29-30)21-16-8-11-28-22(16)18(25)12-19(21)26;10-9-11-5-7(6-12-9)8(14)13-3-1-2-4-13;6-5-7-1-3(2-8-5)4(9)10;1-2-4-5-3-1;/h7-10,12,16-18,36H,3-6,11,13-15,19H2,1-2H3;5-8,11-12,27-28H,3-4,9-10,13H2,1-2H3;5-6H,1-4H2;1-2H,(H,9,10);5H,1-4H2;1H. The number of likely N-dealkylation sites (tertiary alicyclic amines) is 2. The van der Waals surface area contributed by atoms with E-state index in [2.05, 4.69) is 119 Å². The molecule has 5 aliphatic heterocycles. The minimum atomic E-state index is -1.06. The number of aromatic nitrogens is 12. The summed E-state index contributed by atoms with van der Waals surface area (Å²) in [6, 6.07) is 19.2. The number of fused-ring (bicyclic) bond motifs is 4. The van der Waals surface area contributed by atoms with Gasteiger partial charge in [0.15, 0.2) is 0 Å². The first-order valence-corrected chi connectivity index (χ1v) is 36.2. The van der Waals surface area contributed by atoms with Gasteiger partial charge in [-0.2, -0.15) is 10.2 Å². The van der Waals surface area contributed by atoms with E-state index in [1.54, 1.807) is 18.6 Å². The summed E-state index contributed by atoms with van der Waals surface area (Å²) >= 11 is 23.6. The minimum absolute atomic E-state index is 0. The Morgan fingerprint density at radius 3 is 1.35 bits per heavy atom. The zero-order chi connectivity index (χ0) is 71.6. The molecule has 21 nitrogen and oxygen atoms in total. The Balaban J connectivity index is 0.000000152. The minimum Gasteiger partial charge on any atom is -0.478 e. The number of aromatic carboxylic acids is 1. The van der Waals surface area contributed by atoms with Crippen molar-refractivity contribution >= 4 is 104 Å². The van der Waals surface area contributed by atoms with Crippen LogP contribution in [0, 0.1) is 11.6 Å². The van der Waals surface area contributed by atoms with Crippen LogP contribution in [0.1, 0.15) is 142 Å². The first-order chi connectivity index (χ1) is 49.6. The Labute approximate surface area is 621 Å². The Morgan fingerprint density at radius 1 is 0.515 bits per heavy atom. The SMILES string of the molecule is C1CCNC1.CCc1cccc(CC)c1-n1nc2c(c1-c1c(F)cc(Cl)c3[nH]ccc13)CN(c1ncc(C(=O)N3CCCC3)cn1)CC2.CCc1cccc(CC)c1-n1nc2c(c1-c1c(F)cc(Cl)c3[nH]ccc13)CNCC2.Cl.O=C(O)c1cnc(Cl)nc1.O=C(c1cnc(Cl)nc1)N1CCCC1. The summed E-state index contributed by atoms with van der Waals surface area (Å²) in [6.07, 6.45) is 24.0. The molecule has 0 aliphatic carbocycles. The van der Waals surface area contributed by atoms with E-state index >= 15 is 8.78 Å². The average molecular weight is 1500 g/mol. The van der Waals surface area contributed by atoms with Crippen molar-refractivity contribution in [2.45, 2.75) is 118 Å². The van der Waals surface area contributed by atoms with Crippen molar-refractivity contribution in [1.29, 1.82) is 0 Å². The van der Waals surface area contributed by atoms with E-state index in [0.29, 0.717) is 75.2 Å². The molecule has 4 aromatic carbocycles. The maximum absolute atomic E-state index is 16.1. The van der Waals surface area contributed by atoms with Gasteiger partial charge in [-0.15, -0.1) is 12.4 Å². The highest BCUT2D eigenvalue weighted by atomic mass is 35.5. The maximum atomic E-state index is 16.1. The third kappa shape index (κ3) is 16.5. The molecule has 0 atom stereocenters. The number of hydrogen-bond acceptors (Lipinski definition) is 14. The number of aryl methyl sites for hydroxylation is 4. The van der Waals surface area contributed by atoms with Crippen LogP contribution in [0.15, 0.2) is 110 Å². The summed E-state index contributed by atoms with van der Waals surface area (Å²) in [6.45, 7) is 16.9. The van der Waals surface area contributed by atoms with Crippen LogP contribution in [0.25, 0.3) is 55.7 Å². The summed E-state index contributed by atoms with van der Waals surface area (Å²) < 4.78 is 35.6. The van der Waals surface area contributed by atoms with E-state index in [4.69, 9.17) is 61.7 Å². The van der Waals surface area contributed by atoms with Gasteiger partial charge >= 0.3 is 5.97 Å². The molecule has 28 heteroatoms. The molecule has 5 N–H and O–H groups in total. The zero-order valence-electron chi connectivity index (χ0n) is 57.6. The van der Waals surface area contributed by atoms with Gasteiger partial charge < -0.3 is 40.4 Å². The molecule has 538 valence electrons. The number of H-pyrrole nitrogens is 2. The molecule has 0 unspecified atom stereocenters. The van der Waals surface area contributed by atoms with E-state index in [0.717, 1.165) is 170 Å². The first kappa shape index (κ1) is 75.2. The molecular formula is C75H80Cl5F2N17O4. The van der Waals surface area contributed by atoms with Crippen LogP contribution in [0.5, 0.6) is 0 Å². The lowest BCUT2D eigenvalue weighted by molar-refractivity contribution is 0.0694. The van der Waals surface area contributed by atoms with Gasteiger partial charge in [-0.25, -0.2) is 52.8 Å². The van der Waals surface area contributed by atoms with E-state index in [-0.39, 0.29) is 46.2 Å². The third-order valence-electron chi connectivity index (χ3n) is 18.9. The molecule has 12 heterocycles. The normalized spacial score (nSPS) is 14.5. The second kappa shape index (κ2) is 34.6. The number of anilines is 1. The van der Waals surface area contributed by atoms with Crippen molar-refractivity contribution < 1.29 is 28.3 Å². The fourth-order valence-corrected chi connectivity index (χ4v) is 14.4. The van der Waals surface area contributed by atoms with Crippen molar-refractivity contribution in [2.75, 3.05) is 57.3 Å². The van der Waals surface area contributed by atoms with Gasteiger partial charge in [-0.1, -0.05) is 87.3 Å². The molecule has 11 aromatic rings. The lowest BCUT2D eigenvalue weighted by Gasteiger charge is -2.27.